The lowest BCUT2D eigenvalue weighted by Crippen LogP contribution is -2.20. The van der Waals surface area contributed by atoms with Gasteiger partial charge in [0.2, 0.25) is 0 Å². The second-order valence-corrected chi connectivity index (χ2v) is 5.97. The molecule has 0 fully saturated rings. The first-order chi connectivity index (χ1) is 12.7. The van der Waals surface area contributed by atoms with Crippen LogP contribution in [0.3, 0.4) is 0 Å². The van der Waals surface area contributed by atoms with Crippen molar-refractivity contribution in [3.05, 3.63) is 95.0 Å². The Kier molecular flexibility index (Phi) is 4.01. The van der Waals surface area contributed by atoms with Gasteiger partial charge in [0.1, 0.15) is 11.6 Å². The second-order valence-electron chi connectivity index (χ2n) is 5.97. The van der Waals surface area contributed by atoms with Crippen molar-refractivity contribution in [3.63, 3.8) is 0 Å². The molecular formula is C22H16FNO2. The van der Waals surface area contributed by atoms with E-state index in [2.05, 4.69) is 0 Å². The van der Waals surface area contributed by atoms with Crippen molar-refractivity contribution >= 4 is 10.8 Å². The van der Waals surface area contributed by atoms with Crippen molar-refractivity contribution in [2.75, 3.05) is 7.11 Å². The summed E-state index contributed by atoms with van der Waals surface area (Å²) >= 11 is 0. The lowest BCUT2D eigenvalue weighted by molar-refractivity contribution is 0.415. The zero-order chi connectivity index (χ0) is 18.1. The van der Waals surface area contributed by atoms with Crippen LogP contribution in [0.25, 0.3) is 27.7 Å². The maximum Gasteiger partial charge on any atom is 0.263 e. The van der Waals surface area contributed by atoms with Gasteiger partial charge in [0, 0.05) is 5.69 Å². The Balaban J connectivity index is 2.07. The quantitative estimate of drug-likeness (QED) is 0.534. The van der Waals surface area contributed by atoms with E-state index in [1.54, 1.807) is 17.7 Å². The average Bonchev–Trinajstić information content (AvgIpc) is 2.69. The zero-order valence-electron chi connectivity index (χ0n) is 14.1. The third-order valence-electron chi connectivity index (χ3n) is 4.38. The number of fused-ring (bicyclic) bond motifs is 1. The molecule has 0 saturated heterocycles. The molecule has 0 spiro atoms. The van der Waals surface area contributed by atoms with E-state index in [9.17, 15) is 9.18 Å². The van der Waals surface area contributed by atoms with Gasteiger partial charge in [-0.05, 0) is 65.5 Å². The second kappa shape index (κ2) is 6.48. The fraction of sp³-hybridized carbons (Fsp3) is 0.0455. The summed E-state index contributed by atoms with van der Waals surface area (Å²) in [5.74, 6) is 0.316. The van der Waals surface area contributed by atoms with E-state index >= 15 is 0 Å². The molecule has 0 amide bonds. The molecule has 26 heavy (non-hydrogen) atoms. The molecule has 0 aliphatic rings. The predicted molar refractivity (Wildman–Crippen MR) is 101 cm³/mol. The van der Waals surface area contributed by atoms with E-state index in [-0.39, 0.29) is 5.56 Å². The molecule has 0 bridgehead atoms. The summed E-state index contributed by atoms with van der Waals surface area (Å²) in [7, 11) is 1.61. The van der Waals surface area contributed by atoms with E-state index < -0.39 is 5.82 Å². The Morgan fingerprint density at radius 1 is 0.885 bits per heavy atom. The van der Waals surface area contributed by atoms with Gasteiger partial charge >= 0.3 is 0 Å². The first kappa shape index (κ1) is 16.1. The van der Waals surface area contributed by atoms with Crippen LogP contribution in [0.2, 0.25) is 0 Å². The maximum atomic E-state index is 13.7. The molecule has 3 nitrogen and oxygen atoms in total. The minimum absolute atomic E-state index is 0.251. The summed E-state index contributed by atoms with van der Waals surface area (Å²) < 4.78 is 20.5. The standard InChI is InChI=1S/C22H16FNO2/c1-26-19-11-8-15(9-12-19)21-13-16-7-10-17(23)14-20(16)22(25)24(21)18-5-3-2-4-6-18/h2-14H,1H3. The van der Waals surface area contributed by atoms with E-state index in [0.717, 1.165) is 22.7 Å². The highest BCUT2D eigenvalue weighted by Gasteiger charge is 2.13. The molecule has 0 unspecified atom stereocenters. The van der Waals surface area contributed by atoms with Crippen LogP contribution in [0.1, 0.15) is 0 Å². The van der Waals surface area contributed by atoms with Crippen LogP contribution < -0.4 is 10.3 Å². The normalized spacial score (nSPS) is 10.8. The molecular weight excluding hydrogens is 329 g/mol. The molecule has 0 radical (unpaired) electrons. The van der Waals surface area contributed by atoms with Crippen molar-refractivity contribution in [1.82, 2.24) is 4.57 Å². The van der Waals surface area contributed by atoms with Gasteiger partial charge in [-0.25, -0.2) is 4.39 Å². The predicted octanol–water partition coefficient (Wildman–Crippen LogP) is 4.81. The third kappa shape index (κ3) is 2.75. The van der Waals surface area contributed by atoms with Crippen LogP contribution in [0, 0.1) is 5.82 Å². The first-order valence-corrected chi connectivity index (χ1v) is 8.22. The van der Waals surface area contributed by atoms with E-state index in [4.69, 9.17) is 4.74 Å². The van der Waals surface area contributed by atoms with Gasteiger partial charge in [0.25, 0.3) is 5.56 Å². The number of ether oxygens (including phenoxy) is 1. The van der Waals surface area contributed by atoms with Crippen LogP contribution >= 0.6 is 0 Å². The van der Waals surface area contributed by atoms with Crippen molar-refractivity contribution in [1.29, 1.82) is 0 Å². The SMILES string of the molecule is COc1ccc(-c2cc3ccc(F)cc3c(=O)n2-c2ccccc2)cc1. The lowest BCUT2D eigenvalue weighted by Gasteiger charge is -2.15. The molecule has 4 heteroatoms. The Hall–Kier alpha value is -3.40. The summed E-state index contributed by atoms with van der Waals surface area (Å²) in [6.45, 7) is 0. The number of nitrogens with zero attached hydrogens (tertiary/aromatic N) is 1. The van der Waals surface area contributed by atoms with Gasteiger partial charge in [-0.1, -0.05) is 24.3 Å². The molecule has 0 aliphatic heterocycles. The van der Waals surface area contributed by atoms with Crippen LogP contribution in [0.15, 0.2) is 83.7 Å². The van der Waals surface area contributed by atoms with Crippen molar-refractivity contribution in [2.45, 2.75) is 0 Å². The summed E-state index contributed by atoms with van der Waals surface area (Å²) in [5.41, 5.74) is 2.09. The van der Waals surface area contributed by atoms with E-state index in [0.29, 0.717) is 10.8 Å². The van der Waals surface area contributed by atoms with Crippen molar-refractivity contribution in [3.8, 4) is 22.7 Å². The number of methoxy groups -OCH3 is 1. The fourth-order valence-corrected chi connectivity index (χ4v) is 3.09. The van der Waals surface area contributed by atoms with Crippen LogP contribution in [0.4, 0.5) is 4.39 Å². The van der Waals surface area contributed by atoms with Gasteiger partial charge in [-0.15, -0.1) is 0 Å². The summed E-state index contributed by atoms with van der Waals surface area (Å²) in [5, 5.41) is 1.06. The van der Waals surface area contributed by atoms with Gasteiger partial charge in [0.05, 0.1) is 18.2 Å². The van der Waals surface area contributed by atoms with Crippen molar-refractivity contribution < 1.29 is 9.13 Å². The van der Waals surface area contributed by atoms with Crippen LogP contribution in [-0.4, -0.2) is 11.7 Å². The minimum Gasteiger partial charge on any atom is -0.497 e. The molecule has 0 N–H and O–H groups in total. The molecule has 3 aromatic carbocycles. The number of aromatic nitrogens is 1. The average molecular weight is 345 g/mol. The third-order valence-corrected chi connectivity index (χ3v) is 4.38. The topological polar surface area (TPSA) is 31.2 Å². The molecule has 1 aromatic heterocycles. The molecule has 128 valence electrons. The smallest absolute Gasteiger partial charge is 0.263 e. The molecule has 4 aromatic rings. The van der Waals surface area contributed by atoms with Crippen LogP contribution in [-0.2, 0) is 0 Å². The Bertz CT molecular complexity index is 1130. The van der Waals surface area contributed by atoms with Gasteiger partial charge in [-0.3, -0.25) is 9.36 Å². The highest BCUT2D eigenvalue weighted by atomic mass is 19.1. The Morgan fingerprint density at radius 2 is 1.62 bits per heavy atom. The Labute approximate surface area is 149 Å². The number of benzene rings is 3. The maximum absolute atomic E-state index is 13.7. The number of para-hydroxylation sites is 1. The van der Waals surface area contributed by atoms with Gasteiger partial charge < -0.3 is 4.74 Å². The van der Waals surface area contributed by atoms with Crippen molar-refractivity contribution in [2.24, 2.45) is 0 Å². The number of pyridine rings is 1. The monoisotopic (exact) mass is 345 g/mol. The van der Waals surface area contributed by atoms with Crippen LogP contribution in [0.5, 0.6) is 5.75 Å². The number of halogens is 1. The number of rotatable bonds is 3. The molecule has 1 heterocycles. The van der Waals surface area contributed by atoms with Gasteiger partial charge in [-0.2, -0.15) is 0 Å². The number of hydrogen-bond donors (Lipinski definition) is 0. The molecule has 4 rings (SSSR count). The Morgan fingerprint density at radius 3 is 2.31 bits per heavy atom. The number of hydrogen-bond acceptors (Lipinski definition) is 2. The first-order valence-electron chi connectivity index (χ1n) is 8.22. The summed E-state index contributed by atoms with van der Waals surface area (Å²) in [4.78, 5) is 13.2. The van der Waals surface area contributed by atoms with E-state index in [1.807, 2.05) is 60.7 Å². The highest BCUT2D eigenvalue weighted by molar-refractivity contribution is 5.86. The highest BCUT2D eigenvalue weighted by Crippen LogP contribution is 2.27. The minimum atomic E-state index is -0.425. The lowest BCUT2D eigenvalue weighted by atomic mass is 10.1. The molecule has 0 aliphatic carbocycles. The largest absolute Gasteiger partial charge is 0.497 e. The fourth-order valence-electron chi connectivity index (χ4n) is 3.09. The molecule has 0 saturated carbocycles. The summed E-state index contributed by atoms with van der Waals surface area (Å²) in [6.07, 6.45) is 0. The van der Waals surface area contributed by atoms with Gasteiger partial charge in [0.15, 0.2) is 0 Å². The van der Waals surface area contributed by atoms with E-state index in [1.165, 1.54) is 12.1 Å². The summed E-state index contributed by atoms with van der Waals surface area (Å²) in [6, 6.07) is 23.1. The zero-order valence-corrected chi connectivity index (χ0v) is 14.1. The molecule has 0 atom stereocenters.